The van der Waals surface area contributed by atoms with Crippen molar-refractivity contribution in [1.82, 2.24) is 4.90 Å². The fraction of sp³-hybridized carbons (Fsp3) is 0.286. The van der Waals surface area contributed by atoms with Gasteiger partial charge < -0.3 is 15.0 Å². The van der Waals surface area contributed by atoms with Crippen LogP contribution in [0.15, 0.2) is 54.6 Å². The Morgan fingerprint density at radius 3 is 2.32 bits per heavy atom. The van der Waals surface area contributed by atoms with E-state index in [2.05, 4.69) is 27.9 Å². The minimum atomic E-state index is -0.504. The Labute approximate surface area is 177 Å². The smallest absolute Gasteiger partial charge is 0.339 e. The molecule has 3 rings (SSSR count). The summed E-state index contributed by atoms with van der Waals surface area (Å²) in [5, 5.41) is 2.91. The van der Waals surface area contributed by atoms with Gasteiger partial charge in [-0.15, -0.1) is 0 Å². The maximum absolute atomic E-state index is 12.4. The molecular weight excluding hydrogens is 471 g/mol. The number of benzene rings is 2. The molecule has 0 spiro atoms. The first-order valence-electron chi connectivity index (χ1n) is 9.10. The van der Waals surface area contributed by atoms with Crippen LogP contribution < -0.4 is 5.32 Å². The van der Waals surface area contributed by atoms with Gasteiger partial charge in [-0.3, -0.25) is 9.59 Å². The molecule has 2 aromatic rings. The van der Waals surface area contributed by atoms with E-state index in [-0.39, 0.29) is 24.3 Å². The standard InChI is InChI=1S/C21H21IN2O4/c22-18-9-5-4-8-17(18)21(27)28-14-19(25)24-12-10-15(11-13-24)20(26)23-16-6-2-1-3-7-16/h1-9,15H,10-14H2,(H,23,26). The number of hydrogen-bond donors (Lipinski definition) is 1. The minimum absolute atomic E-state index is 0.0246. The lowest BCUT2D eigenvalue weighted by atomic mass is 9.95. The number of carbonyl (C=O) groups excluding carboxylic acids is 3. The van der Waals surface area contributed by atoms with Gasteiger partial charge in [0.25, 0.3) is 5.91 Å². The number of likely N-dealkylation sites (tertiary alicyclic amines) is 1. The molecule has 0 unspecified atom stereocenters. The summed E-state index contributed by atoms with van der Waals surface area (Å²) < 4.78 is 5.94. The van der Waals surface area contributed by atoms with Gasteiger partial charge in [0.05, 0.1) is 5.56 Å². The quantitative estimate of drug-likeness (QED) is 0.514. The van der Waals surface area contributed by atoms with Crippen molar-refractivity contribution in [3.8, 4) is 0 Å². The molecule has 1 saturated heterocycles. The van der Waals surface area contributed by atoms with E-state index < -0.39 is 5.97 Å². The van der Waals surface area contributed by atoms with Crippen LogP contribution in [0.3, 0.4) is 0 Å². The lowest BCUT2D eigenvalue weighted by molar-refractivity contribution is -0.137. The molecule has 0 saturated carbocycles. The third-order valence-corrected chi connectivity index (χ3v) is 5.62. The molecule has 0 radical (unpaired) electrons. The van der Waals surface area contributed by atoms with Gasteiger partial charge in [0.1, 0.15) is 0 Å². The Morgan fingerprint density at radius 2 is 1.64 bits per heavy atom. The number of piperidine rings is 1. The zero-order valence-electron chi connectivity index (χ0n) is 15.3. The van der Waals surface area contributed by atoms with Crippen LogP contribution in [0.2, 0.25) is 0 Å². The second kappa shape index (κ2) is 9.68. The van der Waals surface area contributed by atoms with Gasteiger partial charge in [-0.25, -0.2) is 4.79 Å². The maximum Gasteiger partial charge on any atom is 0.339 e. The second-order valence-electron chi connectivity index (χ2n) is 6.57. The van der Waals surface area contributed by atoms with Gasteiger partial charge in [0.2, 0.25) is 5.91 Å². The summed E-state index contributed by atoms with van der Waals surface area (Å²) in [6.07, 6.45) is 1.18. The highest BCUT2D eigenvalue weighted by Gasteiger charge is 2.28. The summed E-state index contributed by atoms with van der Waals surface area (Å²) in [6, 6.07) is 16.4. The normalized spacial score (nSPS) is 14.4. The number of nitrogens with zero attached hydrogens (tertiary/aromatic N) is 1. The average molecular weight is 492 g/mol. The van der Waals surface area contributed by atoms with E-state index >= 15 is 0 Å². The van der Waals surface area contributed by atoms with E-state index in [4.69, 9.17) is 4.74 Å². The van der Waals surface area contributed by atoms with Crippen LogP contribution in [-0.4, -0.2) is 42.4 Å². The van der Waals surface area contributed by atoms with Crippen LogP contribution in [0, 0.1) is 9.49 Å². The highest BCUT2D eigenvalue weighted by atomic mass is 127. The third-order valence-electron chi connectivity index (χ3n) is 4.68. The highest BCUT2D eigenvalue weighted by Crippen LogP contribution is 2.20. The van der Waals surface area contributed by atoms with E-state index in [1.165, 1.54) is 0 Å². The van der Waals surface area contributed by atoms with Crippen molar-refractivity contribution < 1.29 is 19.1 Å². The van der Waals surface area contributed by atoms with Crippen LogP contribution in [0.4, 0.5) is 5.69 Å². The van der Waals surface area contributed by atoms with Crippen molar-refractivity contribution in [1.29, 1.82) is 0 Å². The summed E-state index contributed by atoms with van der Waals surface area (Å²) in [5.41, 5.74) is 1.22. The Hall–Kier alpha value is -2.42. The molecular formula is C21H21IN2O4. The number of carbonyl (C=O) groups is 3. The van der Waals surface area contributed by atoms with Crippen LogP contribution in [-0.2, 0) is 14.3 Å². The molecule has 1 N–H and O–H groups in total. The molecule has 0 atom stereocenters. The predicted octanol–water partition coefficient (Wildman–Crippen LogP) is 3.33. The van der Waals surface area contributed by atoms with Crippen molar-refractivity contribution >= 4 is 46.1 Å². The van der Waals surface area contributed by atoms with Gasteiger partial charge in [-0.05, 0) is 59.7 Å². The predicted molar refractivity (Wildman–Crippen MR) is 114 cm³/mol. The van der Waals surface area contributed by atoms with Crippen molar-refractivity contribution in [2.24, 2.45) is 5.92 Å². The van der Waals surface area contributed by atoms with Gasteiger partial charge in [0, 0.05) is 28.3 Å². The number of amides is 2. The number of esters is 1. The topological polar surface area (TPSA) is 75.7 Å². The maximum atomic E-state index is 12.4. The molecule has 146 valence electrons. The Balaban J connectivity index is 1.44. The third kappa shape index (κ3) is 5.31. The van der Waals surface area contributed by atoms with E-state index in [1.54, 1.807) is 17.0 Å². The van der Waals surface area contributed by atoms with E-state index in [1.807, 2.05) is 42.5 Å². The molecule has 7 heteroatoms. The fourth-order valence-corrected chi connectivity index (χ4v) is 3.69. The van der Waals surface area contributed by atoms with Crippen molar-refractivity contribution in [2.75, 3.05) is 25.0 Å². The van der Waals surface area contributed by atoms with E-state index in [0.29, 0.717) is 31.5 Å². The molecule has 1 aliphatic rings. The number of para-hydroxylation sites is 1. The number of anilines is 1. The van der Waals surface area contributed by atoms with Crippen LogP contribution >= 0.6 is 22.6 Å². The zero-order chi connectivity index (χ0) is 19.9. The molecule has 2 aromatic carbocycles. The van der Waals surface area contributed by atoms with E-state index in [9.17, 15) is 14.4 Å². The minimum Gasteiger partial charge on any atom is -0.452 e. The van der Waals surface area contributed by atoms with Crippen LogP contribution in [0.1, 0.15) is 23.2 Å². The summed E-state index contributed by atoms with van der Waals surface area (Å²) in [6.45, 7) is 0.670. The number of halogens is 1. The number of rotatable bonds is 5. The van der Waals surface area contributed by atoms with Gasteiger partial charge in [-0.1, -0.05) is 30.3 Å². The first-order chi connectivity index (χ1) is 13.5. The van der Waals surface area contributed by atoms with Gasteiger partial charge >= 0.3 is 5.97 Å². The summed E-state index contributed by atoms with van der Waals surface area (Å²) in [7, 11) is 0. The fourth-order valence-electron chi connectivity index (χ4n) is 3.08. The lowest BCUT2D eigenvalue weighted by Crippen LogP contribution is -2.43. The first-order valence-corrected chi connectivity index (χ1v) is 10.2. The van der Waals surface area contributed by atoms with E-state index in [0.717, 1.165) is 9.26 Å². The molecule has 0 bridgehead atoms. The first kappa shape index (κ1) is 20.3. The molecule has 28 heavy (non-hydrogen) atoms. The SMILES string of the molecule is O=C(OCC(=O)N1CCC(C(=O)Nc2ccccc2)CC1)c1ccccc1I. The Morgan fingerprint density at radius 1 is 1.00 bits per heavy atom. The summed E-state index contributed by atoms with van der Waals surface area (Å²) in [4.78, 5) is 38.5. The summed E-state index contributed by atoms with van der Waals surface area (Å²) in [5.74, 6) is -0.891. The number of ether oxygens (including phenoxy) is 1. The molecule has 0 aromatic heterocycles. The van der Waals surface area contributed by atoms with Gasteiger partial charge in [-0.2, -0.15) is 0 Å². The second-order valence-corrected chi connectivity index (χ2v) is 7.73. The molecule has 0 aliphatic carbocycles. The summed E-state index contributed by atoms with van der Waals surface area (Å²) >= 11 is 2.06. The van der Waals surface area contributed by atoms with Crippen molar-refractivity contribution in [3.63, 3.8) is 0 Å². The highest BCUT2D eigenvalue weighted by molar-refractivity contribution is 14.1. The van der Waals surface area contributed by atoms with Crippen LogP contribution in [0.25, 0.3) is 0 Å². The number of hydrogen-bond acceptors (Lipinski definition) is 4. The molecule has 1 heterocycles. The number of nitrogens with one attached hydrogen (secondary N) is 1. The monoisotopic (exact) mass is 492 g/mol. The average Bonchev–Trinajstić information content (AvgIpc) is 2.73. The Bertz CT molecular complexity index is 848. The Kier molecular flexibility index (Phi) is 7.02. The van der Waals surface area contributed by atoms with Gasteiger partial charge in [0.15, 0.2) is 6.61 Å². The molecule has 1 aliphatic heterocycles. The lowest BCUT2D eigenvalue weighted by Gasteiger charge is -2.31. The van der Waals surface area contributed by atoms with Crippen LogP contribution in [0.5, 0.6) is 0 Å². The molecule has 1 fully saturated rings. The largest absolute Gasteiger partial charge is 0.452 e. The molecule has 6 nitrogen and oxygen atoms in total. The zero-order valence-corrected chi connectivity index (χ0v) is 17.4. The molecule has 2 amide bonds. The van der Waals surface area contributed by atoms with Crippen molar-refractivity contribution in [2.45, 2.75) is 12.8 Å². The van der Waals surface area contributed by atoms with Crippen molar-refractivity contribution in [3.05, 3.63) is 63.7 Å².